The SMILES string of the molecule is CCN(Cc1cc(C)nn1CC)C(C)(C)C(=O)O. The molecule has 0 aliphatic carbocycles. The first-order valence-electron chi connectivity index (χ1n) is 6.34. The van der Waals surface area contributed by atoms with Gasteiger partial charge in [-0.2, -0.15) is 5.10 Å². The predicted molar refractivity (Wildman–Crippen MR) is 70.4 cm³/mol. The zero-order valence-electron chi connectivity index (χ0n) is 11.9. The highest BCUT2D eigenvalue weighted by molar-refractivity contribution is 5.77. The second kappa shape index (κ2) is 5.52. The third-order valence-electron chi connectivity index (χ3n) is 3.33. The van der Waals surface area contributed by atoms with Crippen molar-refractivity contribution in [2.75, 3.05) is 6.54 Å². The van der Waals surface area contributed by atoms with Gasteiger partial charge in [-0.15, -0.1) is 0 Å². The topological polar surface area (TPSA) is 58.4 Å². The van der Waals surface area contributed by atoms with E-state index in [1.807, 2.05) is 36.4 Å². The maximum Gasteiger partial charge on any atom is 0.323 e. The molecule has 0 spiro atoms. The molecule has 1 rings (SSSR count). The average Bonchev–Trinajstić information content (AvgIpc) is 2.65. The number of hydrogen-bond donors (Lipinski definition) is 1. The van der Waals surface area contributed by atoms with Gasteiger partial charge in [0.05, 0.1) is 11.4 Å². The molecule has 0 radical (unpaired) electrons. The molecule has 0 saturated heterocycles. The maximum atomic E-state index is 11.3. The van der Waals surface area contributed by atoms with Gasteiger partial charge in [-0.05, 0) is 40.3 Å². The minimum Gasteiger partial charge on any atom is -0.480 e. The van der Waals surface area contributed by atoms with Gasteiger partial charge in [0.25, 0.3) is 0 Å². The smallest absolute Gasteiger partial charge is 0.323 e. The zero-order valence-corrected chi connectivity index (χ0v) is 11.9. The lowest BCUT2D eigenvalue weighted by Gasteiger charge is -2.34. The van der Waals surface area contributed by atoms with Crippen molar-refractivity contribution in [3.63, 3.8) is 0 Å². The van der Waals surface area contributed by atoms with Crippen LogP contribution >= 0.6 is 0 Å². The van der Waals surface area contributed by atoms with Gasteiger partial charge in [0.2, 0.25) is 0 Å². The summed E-state index contributed by atoms with van der Waals surface area (Å²) in [6, 6.07) is 2.02. The summed E-state index contributed by atoms with van der Waals surface area (Å²) in [5.74, 6) is -0.802. The second-order valence-corrected chi connectivity index (χ2v) is 4.97. The summed E-state index contributed by atoms with van der Waals surface area (Å²) in [6.07, 6.45) is 0. The summed E-state index contributed by atoms with van der Waals surface area (Å²) in [7, 11) is 0. The number of aryl methyl sites for hydroxylation is 2. The minimum atomic E-state index is -0.870. The highest BCUT2D eigenvalue weighted by atomic mass is 16.4. The molecule has 0 bridgehead atoms. The van der Waals surface area contributed by atoms with E-state index in [1.54, 1.807) is 13.8 Å². The van der Waals surface area contributed by atoms with Gasteiger partial charge in [-0.3, -0.25) is 14.4 Å². The van der Waals surface area contributed by atoms with E-state index in [9.17, 15) is 9.90 Å². The molecule has 0 unspecified atom stereocenters. The van der Waals surface area contributed by atoms with Crippen molar-refractivity contribution < 1.29 is 9.90 Å². The molecule has 18 heavy (non-hydrogen) atoms. The Morgan fingerprint density at radius 3 is 2.56 bits per heavy atom. The van der Waals surface area contributed by atoms with E-state index >= 15 is 0 Å². The first-order chi connectivity index (χ1) is 8.32. The van der Waals surface area contributed by atoms with Crippen LogP contribution in [0.3, 0.4) is 0 Å². The van der Waals surface area contributed by atoms with Gasteiger partial charge in [-0.25, -0.2) is 0 Å². The summed E-state index contributed by atoms with van der Waals surface area (Å²) < 4.78 is 1.93. The molecular weight excluding hydrogens is 230 g/mol. The molecule has 0 atom stereocenters. The van der Waals surface area contributed by atoms with Gasteiger partial charge < -0.3 is 5.11 Å². The van der Waals surface area contributed by atoms with Crippen molar-refractivity contribution in [2.24, 2.45) is 0 Å². The standard InChI is InChI=1S/C13H23N3O2/c1-6-15(13(4,5)12(17)18)9-11-8-10(3)14-16(11)7-2/h8H,6-7,9H2,1-5H3,(H,17,18). The van der Waals surface area contributed by atoms with Gasteiger partial charge in [0, 0.05) is 13.1 Å². The van der Waals surface area contributed by atoms with Crippen molar-refractivity contribution in [1.82, 2.24) is 14.7 Å². The first-order valence-corrected chi connectivity index (χ1v) is 6.34. The summed E-state index contributed by atoms with van der Waals surface area (Å²) >= 11 is 0. The van der Waals surface area contributed by atoms with E-state index < -0.39 is 11.5 Å². The molecule has 102 valence electrons. The molecule has 0 aliphatic heterocycles. The Bertz CT molecular complexity index is 424. The normalized spacial score (nSPS) is 12.1. The summed E-state index contributed by atoms with van der Waals surface area (Å²) in [5.41, 5.74) is 1.16. The molecule has 1 aromatic heterocycles. The van der Waals surface area contributed by atoms with Gasteiger partial charge in [-0.1, -0.05) is 6.92 Å². The highest BCUT2D eigenvalue weighted by Gasteiger charge is 2.34. The Balaban J connectivity index is 2.96. The summed E-state index contributed by atoms with van der Waals surface area (Å²) in [6.45, 7) is 11.5. The number of aromatic nitrogens is 2. The lowest BCUT2D eigenvalue weighted by molar-refractivity contribution is -0.149. The minimum absolute atomic E-state index is 0.602. The van der Waals surface area contributed by atoms with Crippen molar-refractivity contribution in [1.29, 1.82) is 0 Å². The number of carboxylic acids is 1. The van der Waals surface area contributed by atoms with E-state index in [1.165, 1.54) is 0 Å². The zero-order chi connectivity index (χ0) is 13.9. The van der Waals surface area contributed by atoms with Crippen LogP contribution in [0.25, 0.3) is 0 Å². The fourth-order valence-corrected chi connectivity index (χ4v) is 2.04. The van der Waals surface area contributed by atoms with Crippen LogP contribution in [0, 0.1) is 6.92 Å². The Labute approximate surface area is 108 Å². The van der Waals surface area contributed by atoms with Crippen LogP contribution < -0.4 is 0 Å². The molecule has 1 N–H and O–H groups in total. The number of nitrogens with zero attached hydrogens (tertiary/aromatic N) is 3. The predicted octanol–water partition coefficient (Wildman–Crippen LogP) is 1.90. The molecule has 0 fully saturated rings. The summed E-state index contributed by atoms with van der Waals surface area (Å²) in [5, 5.41) is 13.7. The number of rotatable bonds is 6. The monoisotopic (exact) mass is 253 g/mol. The van der Waals surface area contributed by atoms with Crippen LogP contribution in [0.2, 0.25) is 0 Å². The third kappa shape index (κ3) is 2.90. The Morgan fingerprint density at radius 1 is 1.50 bits per heavy atom. The molecule has 5 heteroatoms. The largest absolute Gasteiger partial charge is 0.480 e. The van der Waals surface area contributed by atoms with Crippen LogP contribution in [-0.4, -0.2) is 37.8 Å². The van der Waals surface area contributed by atoms with Gasteiger partial charge in [0.15, 0.2) is 0 Å². The van der Waals surface area contributed by atoms with Crippen molar-refractivity contribution in [3.05, 3.63) is 17.5 Å². The molecule has 0 aliphatic rings. The van der Waals surface area contributed by atoms with Gasteiger partial charge >= 0.3 is 5.97 Å². The maximum absolute atomic E-state index is 11.3. The number of likely N-dealkylation sites (N-methyl/N-ethyl adjacent to an activating group) is 1. The lowest BCUT2D eigenvalue weighted by atomic mass is 10.0. The number of hydrogen-bond acceptors (Lipinski definition) is 3. The Kier molecular flexibility index (Phi) is 4.51. The fraction of sp³-hybridized carbons (Fsp3) is 0.692. The van der Waals surface area contributed by atoms with Crippen molar-refractivity contribution in [2.45, 2.75) is 53.2 Å². The van der Waals surface area contributed by atoms with Gasteiger partial charge in [0.1, 0.15) is 5.54 Å². The van der Waals surface area contributed by atoms with Crippen molar-refractivity contribution in [3.8, 4) is 0 Å². The average molecular weight is 253 g/mol. The van der Waals surface area contributed by atoms with E-state index in [0.29, 0.717) is 13.1 Å². The Morgan fingerprint density at radius 2 is 2.11 bits per heavy atom. The number of carbonyl (C=O) groups is 1. The quantitative estimate of drug-likeness (QED) is 0.841. The molecule has 0 saturated carbocycles. The summed E-state index contributed by atoms with van der Waals surface area (Å²) in [4.78, 5) is 13.2. The van der Waals surface area contributed by atoms with E-state index in [0.717, 1.165) is 17.9 Å². The second-order valence-electron chi connectivity index (χ2n) is 4.97. The number of aliphatic carboxylic acids is 1. The Hall–Kier alpha value is -1.36. The number of carboxylic acid groups (broad SMARTS) is 1. The van der Waals surface area contributed by atoms with Crippen LogP contribution in [0.1, 0.15) is 39.1 Å². The molecule has 1 heterocycles. The third-order valence-corrected chi connectivity index (χ3v) is 3.33. The lowest BCUT2D eigenvalue weighted by Crippen LogP contribution is -2.49. The van der Waals surface area contributed by atoms with E-state index in [4.69, 9.17) is 0 Å². The van der Waals surface area contributed by atoms with Crippen LogP contribution in [-0.2, 0) is 17.9 Å². The highest BCUT2D eigenvalue weighted by Crippen LogP contribution is 2.18. The fourth-order valence-electron chi connectivity index (χ4n) is 2.04. The molecule has 0 amide bonds. The van der Waals surface area contributed by atoms with Crippen molar-refractivity contribution >= 4 is 5.97 Å². The van der Waals surface area contributed by atoms with Crippen LogP contribution in [0.5, 0.6) is 0 Å². The molecule has 1 aromatic rings. The van der Waals surface area contributed by atoms with Crippen LogP contribution in [0.4, 0.5) is 0 Å². The molecule has 5 nitrogen and oxygen atoms in total. The first kappa shape index (κ1) is 14.7. The molecule has 0 aromatic carbocycles. The van der Waals surface area contributed by atoms with E-state index in [2.05, 4.69) is 5.10 Å². The van der Waals surface area contributed by atoms with Crippen LogP contribution in [0.15, 0.2) is 6.07 Å². The van der Waals surface area contributed by atoms with E-state index in [-0.39, 0.29) is 0 Å². The molecular formula is C13H23N3O2.